The van der Waals surface area contributed by atoms with Gasteiger partial charge in [0.1, 0.15) is 5.75 Å². The molecule has 1 aliphatic rings. The lowest BCUT2D eigenvalue weighted by Gasteiger charge is -2.26. The van der Waals surface area contributed by atoms with Crippen LogP contribution in [0.5, 0.6) is 5.75 Å². The molecule has 118 valence electrons. The smallest absolute Gasteiger partial charge is 0.119 e. The zero-order valence-electron chi connectivity index (χ0n) is 13.4. The molecule has 1 fully saturated rings. The van der Waals surface area contributed by atoms with Gasteiger partial charge < -0.3 is 9.47 Å². The maximum atomic E-state index is 5.78. The van der Waals surface area contributed by atoms with Crippen LogP contribution in [0.1, 0.15) is 38.2 Å². The van der Waals surface area contributed by atoms with Gasteiger partial charge in [0.2, 0.25) is 0 Å². The highest BCUT2D eigenvalue weighted by molar-refractivity contribution is 5.27. The van der Waals surface area contributed by atoms with E-state index in [4.69, 9.17) is 9.47 Å². The Bertz CT molecular complexity index is 371. The third-order valence-electron chi connectivity index (χ3n) is 4.07. The van der Waals surface area contributed by atoms with Crippen LogP contribution in [0.4, 0.5) is 0 Å². The van der Waals surface area contributed by atoms with E-state index in [1.54, 1.807) is 0 Å². The summed E-state index contributed by atoms with van der Waals surface area (Å²) in [5, 5.41) is 0. The third kappa shape index (κ3) is 6.49. The zero-order chi connectivity index (χ0) is 14.8. The standard InChI is InChI=1S/C18H29NO2/c1-2-17-7-9-18(10-8-17)21-14-6-4-3-5-11-19-12-15-20-16-13-19/h7-10H,2-6,11-16H2,1H3. The number of hydrogen-bond acceptors (Lipinski definition) is 3. The van der Waals surface area contributed by atoms with E-state index in [2.05, 4.69) is 36.1 Å². The van der Waals surface area contributed by atoms with Gasteiger partial charge in [0.05, 0.1) is 19.8 Å². The van der Waals surface area contributed by atoms with Crippen molar-refractivity contribution in [2.75, 3.05) is 39.5 Å². The summed E-state index contributed by atoms with van der Waals surface area (Å²) in [4.78, 5) is 2.51. The Morgan fingerprint density at radius 2 is 1.71 bits per heavy atom. The summed E-state index contributed by atoms with van der Waals surface area (Å²) in [5.41, 5.74) is 1.37. The van der Waals surface area contributed by atoms with Crippen molar-refractivity contribution in [2.45, 2.75) is 39.0 Å². The van der Waals surface area contributed by atoms with Crippen molar-refractivity contribution in [1.82, 2.24) is 4.90 Å². The van der Waals surface area contributed by atoms with Crippen LogP contribution < -0.4 is 4.74 Å². The maximum absolute atomic E-state index is 5.78. The lowest BCUT2D eigenvalue weighted by atomic mass is 10.2. The van der Waals surface area contributed by atoms with E-state index in [0.717, 1.165) is 51.5 Å². The quantitative estimate of drug-likeness (QED) is 0.650. The monoisotopic (exact) mass is 291 g/mol. The van der Waals surface area contributed by atoms with E-state index in [0.29, 0.717) is 0 Å². The summed E-state index contributed by atoms with van der Waals surface area (Å²) in [5.74, 6) is 1.00. The Morgan fingerprint density at radius 1 is 1.00 bits per heavy atom. The second kappa shape index (κ2) is 9.80. The Kier molecular flexibility index (Phi) is 7.61. The third-order valence-corrected chi connectivity index (χ3v) is 4.07. The molecular formula is C18H29NO2. The lowest BCUT2D eigenvalue weighted by molar-refractivity contribution is 0.0371. The van der Waals surface area contributed by atoms with Crippen LogP contribution in [0.15, 0.2) is 24.3 Å². The number of rotatable bonds is 9. The number of nitrogens with zero attached hydrogens (tertiary/aromatic N) is 1. The number of hydrogen-bond donors (Lipinski definition) is 0. The topological polar surface area (TPSA) is 21.7 Å². The van der Waals surface area contributed by atoms with Gasteiger partial charge >= 0.3 is 0 Å². The number of ether oxygens (including phenoxy) is 2. The van der Waals surface area contributed by atoms with Crippen LogP contribution in [0.3, 0.4) is 0 Å². The molecule has 1 aromatic rings. The van der Waals surface area contributed by atoms with E-state index in [9.17, 15) is 0 Å². The van der Waals surface area contributed by atoms with E-state index in [1.807, 2.05) is 0 Å². The molecule has 0 unspecified atom stereocenters. The molecule has 3 heteroatoms. The van der Waals surface area contributed by atoms with E-state index in [-0.39, 0.29) is 0 Å². The molecule has 3 nitrogen and oxygen atoms in total. The minimum absolute atomic E-state index is 0.836. The molecule has 0 spiro atoms. The predicted octanol–water partition coefficient (Wildman–Crippen LogP) is 3.52. The van der Waals surface area contributed by atoms with Crippen LogP contribution >= 0.6 is 0 Å². The normalized spacial score (nSPS) is 16.0. The first-order valence-corrected chi connectivity index (χ1v) is 8.40. The van der Waals surface area contributed by atoms with Gasteiger partial charge in [-0.1, -0.05) is 31.9 Å². The van der Waals surface area contributed by atoms with Gasteiger partial charge in [0.25, 0.3) is 0 Å². The Hall–Kier alpha value is -1.06. The molecule has 21 heavy (non-hydrogen) atoms. The van der Waals surface area contributed by atoms with Gasteiger partial charge in [-0.2, -0.15) is 0 Å². The molecule has 0 radical (unpaired) electrons. The van der Waals surface area contributed by atoms with Crippen molar-refractivity contribution in [2.24, 2.45) is 0 Å². The van der Waals surface area contributed by atoms with Gasteiger partial charge in [-0.15, -0.1) is 0 Å². The van der Waals surface area contributed by atoms with Gasteiger partial charge in [-0.3, -0.25) is 4.90 Å². The zero-order valence-corrected chi connectivity index (χ0v) is 13.4. The summed E-state index contributed by atoms with van der Waals surface area (Å²) in [6, 6.07) is 8.46. The fraction of sp³-hybridized carbons (Fsp3) is 0.667. The van der Waals surface area contributed by atoms with Crippen LogP contribution in [0.25, 0.3) is 0 Å². The molecule has 0 N–H and O–H groups in total. The molecule has 0 atom stereocenters. The molecular weight excluding hydrogens is 262 g/mol. The largest absolute Gasteiger partial charge is 0.494 e. The summed E-state index contributed by atoms with van der Waals surface area (Å²) in [7, 11) is 0. The molecule has 0 aliphatic carbocycles. The number of aryl methyl sites for hydroxylation is 1. The molecule has 1 saturated heterocycles. The maximum Gasteiger partial charge on any atom is 0.119 e. The molecule has 0 amide bonds. The van der Waals surface area contributed by atoms with Crippen molar-refractivity contribution in [3.63, 3.8) is 0 Å². The molecule has 1 aromatic carbocycles. The first kappa shape index (κ1) is 16.3. The highest BCUT2D eigenvalue weighted by atomic mass is 16.5. The first-order chi connectivity index (χ1) is 10.4. The van der Waals surface area contributed by atoms with Crippen molar-refractivity contribution in [3.05, 3.63) is 29.8 Å². The van der Waals surface area contributed by atoms with E-state index >= 15 is 0 Å². The second-order valence-corrected chi connectivity index (χ2v) is 5.71. The number of unbranched alkanes of at least 4 members (excludes halogenated alkanes) is 3. The van der Waals surface area contributed by atoms with Gasteiger partial charge in [0.15, 0.2) is 0 Å². The Morgan fingerprint density at radius 3 is 2.43 bits per heavy atom. The summed E-state index contributed by atoms with van der Waals surface area (Å²) >= 11 is 0. The summed E-state index contributed by atoms with van der Waals surface area (Å²) < 4.78 is 11.1. The average Bonchev–Trinajstić information content (AvgIpc) is 2.55. The van der Waals surface area contributed by atoms with Crippen molar-refractivity contribution in [3.8, 4) is 5.75 Å². The summed E-state index contributed by atoms with van der Waals surface area (Å²) in [6.45, 7) is 8.27. The van der Waals surface area contributed by atoms with Crippen molar-refractivity contribution < 1.29 is 9.47 Å². The number of benzene rings is 1. The number of morpholine rings is 1. The van der Waals surface area contributed by atoms with Crippen LogP contribution in [0, 0.1) is 0 Å². The van der Waals surface area contributed by atoms with Crippen molar-refractivity contribution >= 4 is 0 Å². The molecule has 0 saturated carbocycles. The molecule has 1 aliphatic heterocycles. The SMILES string of the molecule is CCc1ccc(OCCCCCCN2CCOCC2)cc1. The van der Waals surface area contributed by atoms with Crippen LogP contribution in [-0.4, -0.2) is 44.4 Å². The summed E-state index contributed by atoms with van der Waals surface area (Å²) in [6.07, 6.45) is 6.10. The second-order valence-electron chi connectivity index (χ2n) is 5.71. The first-order valence-electron chi connectivity index (χ1n) is 8.40. The highest BCUT2D eigenvalue weighted by Gasteiger charge is 2.08. The minimum Gasteiger partial charge on any atom is -0.494 e. The average molecular weight is 291 g/mol. The molecule has 2 rings (SSSR count). The van der Waals surface area contributed by atoms with Crippen molar-refractivity contribution in [1.29, 1.82) is 0 Å². The Labute approximate surface area is 129 Å². The van der Waals surface area contributed by atoms with E-state index < -0.39 is 0 Å². The molecule has 1 heterocycles. The predicted molar refractivity (Wildman–Crippen MR) is 87.0 cm³/mol. The van der Waals surface area contributed by atoms with Gasteiger partial charge in [-0.25, -0.2) is 0 Å². The fourth-order valence-electron chi connectivity index (χ4n) is 2.63. The lowest BCUT2D eigenvalue weighted by Crippen LogP contribution is -2.36. The van der Waals surface area contributed by atoms with E-state index in [1.165, 1.54) is 31.4 Å². The van der Waals surface area contributed by atoms with Gasteiger partial charge in [-0.05, 0) is 43.5 Å². The van der Waals surface area contributed by atoms with Crippen LogP contribution in [0.2, 0.25) is 0 Å². The van der Waals surface area contributed by atoms with Crippen LogP contribution in [-0.2, 0) is 11.2 Å². The fourth-order valence-corrected chi connectivity index (χ4v) is 2.63. The molecule has 0 bridgehead atoms. The van der Waals surface area contributed by atoms with Gasteiger partial charge in [0, 0.05) is 13.1 Å². The molecule has 0 aromatic heterocycles. The minimum atomic E-state index is 0.836. The highest BCUT2D eigenvalue weighted by Crippen LogP contribution is 2.13. The Balaban J connectivity index is 1.46.